The molecule has 0 aliphatic rings. The van der Waals surface area contributed by atoms with Gasteiger partial charge in [0.15, 0.2) is 0 Å². The number of nitrogens with zero attached hydrogens (tertiary/aromatic N) is 5. The van der Waals surface area contributed by atoms with Crippen LogP contribution in [0.15, 0.2) is 48.8 Å². The van der Waals surface area contributed by atoms with Crippen molar-refractivity contribution in [1.82, 2.24) is 24.3 Å². The van der Waals surface area contributed by atoms with E-state index in [0.717, 1.165) is 63.2 Å². The van der Waals surface area contributed by atoms with Crippen molar-refractivity contribution < 1.29 is 0 Å². The van der Waals surface area contributed by atoms with Crippen LogP contribution < -0.4 is 0 Å². The maximum atomic E-state index is 6.36. The quantitative estimate of drug-likeness (QED) is 0.442. The second-order valence-electron chi connectivity index (χ2n) is 7.01. The Labute approximate surface area is 167 Å². The third kappa shape index (κ3) is 2.79. The van der Waals surface area contributed by atoms with Crippen molar-refractivity contribution in [3.8, 4) is 0 Å². The van der Waals surface area contributed by atoms with E-state index >= 15 is 0 Å². The molecular weight excluding hydrogens is 370 g/mol. The van der Waals surface area contributed by atoms with Crippen LogP contribution in [0.25, 0.3) is 27.6 Å². The van der Waals surface area contributed by atoms with Crippen molar-refractivity contribution in [2.75, 3.05) is 0 Å². The Kier molecular flexibility index (Phi) is 3.98. The summed E-state index contributed by atoms with van der Waals surface area (Å²) in [4.78, 5) is 18.6. The first-order valence-corrected chi connectivity index (χ1v) is 9.62. The van der Waals surface area contributed by atoms with E-state index in [9.17, 15) is 0 Å². The van der Waals surface area contributed by atoms with Gasteiger partial charge in [-0.1, -0.05) is 11.6 Å². The number of hydrogen-bond donors (Lipinski definition) is 0. The number of fused-ring (bicyclic) bond motifs is 4. The van der Waals surface area contributed by atoms with Gasteiger partial charge in [0.1, 0.15) is 11.2 Å². The third-order valence-electron chi connectivity index (χ3n) is 5.12. The van der Waals surface area contributed by atoms with Gasteiger partial charge in [0.25, 0.3) is 0 Å². The van der Waals surface area contributed by atoms with Crippen LogP contribution in [0.1, 0.15) is 22.8 Å². The third-order valence-corrected chi connectivity index (χ3v) is 5.41. The molecule has 5 heterocycles. The van der Waals surface area contributed by atoms with E-state index in [1.165, 1.54) is 0 Å². The summed E-state index contributed by atoms with van der Waals surface area (Å²) < 4.78 is 2.14. The van der Waals surface area contributed by atoms with E-state index in [4.69, 9.17) is 21.6 Å². The molecule has 0 fully saturated rings. The molecule has 0 atom stereocenters. The lowest BCUT2D eigenvalue weighted by molar-refractivity contribution is 0.884. The standard InChI is InChI=1S/C22H18ClN5/c1-13-12-17(23)21-20(25-13)8-6-15(26-21)5-7-18-14(2)28-11-9-19-16(22(28)27-18)4-3-10-24-19/h3-4,6,8-12H,5,7H2,1-2H3. The summed E-state index contributed by atoms with van der Waals surface area (Å²) in [6.07, 6.45) is 5.45. The maximum Gasteiger partial charge on any atom is 0.146 e. The SMILES string of the molecule is Cc1cc(Cl)c2nc(CCc3nc4c5cccnc5ccn4c3C)ccc2n1. The lowest BCUT2D eigenvalue weighted by atomic mass is 10.1. The molecule has 0 bridgehead atoms. The molecule has 5 aromatic rings. The molecule has 0 saturated carbocycles. The highest BCUT2D eigenvalue weighted by atomic mass is 35.5. The first-order chi connectivity index (χ1) is 13.6. The number of halogens is 1. The molecule has 138 valence electrons. The van der Waals surface area contributed by atoms with Crippen LogP contribution in [-0.4, -0.2) is 24.3 Å². The van der Waals surface area contributed by atoms with Gasteiger partial charge in [-0.15, -0.1) is 0 Å². The number of rotatable bonds is 3. The summed E-state index contributed by atoms with van der Waals surface area (Å²) in [5, 5.41) is 1.71. The van der Waals surface area contributed by atoms with Crippen molar-refractivity contribution in [2.45, 2.75) is 26.7 Å². The summed E-state index contributed by atoms with van der Waals surface area (Å²) in [5.41, 5.74) is 7.61. The van der Waals surface area contributed by atoms with Gasteiger partial charge in [-0.25, -0.2) is 9.97 Å². The van der Waals surface area contributed by atoms with Crippen molar-refractivity contribution in [2.24, 2.45) is 0 Å². The minimum absolute atomic E-state index is 0.646. The number of imidazole rings is 1. The van der Waals surface area contributed by atoms with Gasteiger partial charge in [0, 0.05) is 34.9 Å². The topological polar surface area (TPSA) is 56.0 Å². The molecule has 5 aromatic heterocycles. The molecule has 5 rings (SSSR count). The molecule has 0 aliphatic carbocycles. The molecular formula is C22H18ClN5. The zero-order valence-electron chi connectivity index (χ0n) is 15.6. The minimum atomic E-state index is 0.646. The smallest absolute Gasteiger partial charge is 0.146 e. The molecule has 0 saturated heterocycles. The fourth-order valence-corrected chi connectivity index (χ4v) is 3.97. The highest BCUT2D eigenvalue weighted by Gasteiger charge is 2.12. The normalized spacial score (nSPS) is 11.7. The number of aromatic nitrogens is 5. The van der Waals surface area contributed by atoms with Crippen molar-refractivity contribution in [3.05, 3.63) is 76.6 Å². The molecule has 0 aliphatic heterocycles. The van der Waals surface area contributed by atoms with Crippen LogP contribution in [0.2, 0.25) is 5.02 Å². The highest BCUT2D eigenvalue weighted by molar-refractivity contribution is 6.34. The number of aryl methyl sites for hydroxylation is 4. The zero-order chi connectivity index (χ0) is 19.3. The Morgan fingerprint density at radius 1 is 0.964 bits per heavy atom. The summed E-state index contributed by atoms with van der Waals surface area (Å²) in [6.45, 7) is 4.04. The van der Waals surface area contributed by atoms with Crippen LogP contribution in [0.5, 0.6) is 0 Å². The summed E-state index contributed by atoms with van der Waals surface area (Å²) in [6, 6.07) is 11.9. The molecule has 0 aromatic carbocycles. The summed E-state index contributed by atoms with van der Waals surface area (Å²) in [5.74, 6) is 0. The van der Waals surface area contributed by atoms with Gasteiger partial charge in [-0.3, -0.25) is 9.97 Å². The van der Waals surface area contributed by atoms with Crippen LogP contribution in [0.4, 0.5) is 0 Å². The fourth-order valence-electron chi connectivity index (χ4n) is 3.67. The Balaban J connectivity index is 1.50. The molecule has 5 nitrogen and oxygen atoms in total. The molecule has 0 spiro atoms. The molecule has 6 heteroatoms. The average molecular weight is 388 g/mol. The molecule has 0 N–H and O–H groups in total. The molecule has 0 unspecified atom stereocenters. The van der Waals surface area contributed by atoms with Crippen molar-refractivity contribution >= 4 is 39.2 Å². The van der Waals surface area contributed by atoms with Crippen molar-refractivity contribution in [3.63, 3.8) is 0 Å². The van der Waals surface area contributed by atoms with Crippen molar-refractivity contribution in [1.29, 1.82) is 0 Å². The van der Waals surface area contributed by atoms with Crippen LogP contribution in [0.3, 0.4) is 0 Å². The maximum absolute atomic E-state index is 6.36. The van der Waals surface area contributed by atoms with E-state index < -0.39 is 0 Å². The van der Waals surface area contributed by atoms with Gasteiger partial charge in [0.2, 0.25) is 0 Å². The molecule has 0 radical (unpaired) electrons. The van der Waals surface area contributed by atoms with E-state index in [2.05, 4.69) is 27.4 Å². The lowest BCUT2D eigenvalue weighted by Gasteiger charge is -2.05. The number of pyridine rings is 4. The van der Waals surface area contributed by atoms with Gasteiger partial charge in [-0.05, 0) is 63.1 Å². The number of hydrogen-bond acceptors (Lipinski definition) is 4. The van der Waals surface area contributed by atoms with E-state index in [0.29, 0.717) is 5.02 Å². The Hall–Kier alpha value is -3.05. The second-order valence-corrected chi connectivity index (χ2v) is 7.41. The van der Waals surface area contributed by atoms with Crippen LogP contribution >= 0.6 is 11.6 Å². The summed E-state index contributed by atoms with van der Waals surface area (Å²) in [7, 11) is 0. The summed E-state index contributed by atoms with van der Waals surface area (Å²) >= 11 is 6.36. The van der Waals surface area contributed by atoms with Crippen LogP contribution in [-0.2, 0) is 12.8 Å². The molecule has 0 amide bonds. The highest BCUT2D eigenvalue weighted by Crippen LogP contribution is 2.23. The van der Waals surface area contributed by atoms with Gasteiger partial charge >= 0.3 is 0 Å². The fraction of sp³-hybridized carbons (Fsp3) is 0.182. The van der Waals surface area contributed by atoms with E-state index in [-0.39, 0.29) is 0 Å². The largest absolute Gasteiger partial charge is 0.303 e. The predicted molar refractivity (Wildman–Crippen MR) is 112 cm³/mol. The minimum Gasteiger partial charge on any atom is -0.303 e. The lowest BCUT2D eigenvalue weighted by Crippen LogP contribution is -1.98. The predicted octanol–water partition coefficient (Wildman–Crippen LogP) is 4.88. The van der Waals surface area contributed by atoms with Gasteiger partial charge in [-0.2, -0.15) is 0 Å². The van der Waals surface area contributed by atoms with E-state index in [1.54, 1.807) is 0 Å². The van der Waals surface area contributed by atoms with Crippen LogP contribution in [0, 0.1) is 13.8 Å². The van der Waals surface area contributed by atoms with E-state index in [1.807, 2.05) is 49.6 Å². The second kappa shape index (κ2) is 6.53. The average Bonchev–Trinajstić information content (AvgIpc) is 3.03. The van der Waals surface area contributed by atoms with Gasteiger partial charge < -0.3 is 4.40 Å². The van der Waals surface area contributed by atoms with Gasteiger partial charge in [0.05, 0.1) is 21.7 Å². The Bertz CT molecular complexity index is 1360. The Morgan fingerprint density at radius 2 is 1.86 bits per heavy atom. The first kappa shape index (κ1) is 17.1. The monoisotopic (exact) mass is 387 g/mol. The Morgan fingerprint density at radius 3 is 2.75 bits per heavy atom. The zero-order valence-corrected chi connectivity index (χ0v) is 16.4. The first-order valence-electron chi connectivity index (χ1n) is 9.24. The molecule has 28 heavy (non-hydrogen) atoms.